The number of carbonyl (C=O) groups is 1. The molecule has 1 fully saturated rings. The largest absolute Gasteiger partial charge is 0.468 e. The Morgan fingerprint density at radius 1 is 1.33 bits per heavy atom. The molecule has 1 aromatic heterocycles. The minimum Gasteiger partial charge on any atom is -0.468 e. The van der Waals surface area contributed by atoms with Gasteiger partial charge in [-0.25, -0.2) is 0 Å². The predicted octanol–water partition coefficient (Wildman–Crippen LogP) is 4.08. The molecule has 3 aliphatic rings. The van der Waals surface area contributed by atoms with E-state index in [2.05, 4.69) is 41.2 Å². The van der Waals surface area contributed by atoms with Crippen LogP contribution in [-0.2, 0) is 16.0 Å². The molecule has 2 atom stereocenters. The number of thioether (sulfide) groups is 2. The second-order valence-corrected chi connectivity index (χ2v) is 10.7. The molecule has 0 radical (unpaired) electrons. The lowest BCUT2D eigenvalue weighted by Crippen LogP contribution is -2.49. The molecule has 1 saturated heterocycles. The van der Waals surface area contributed by atoms with Crippen LogP contribution in [0.3, 0.4) is 0 Å². The monoisotopic (exact) mass is 400 g/mol. The summed E-state index contributed by atoms with van der Waals surface area (Å²) in [6, 6.07) is 6.84. The van der Waals surface area contributed by atoms with Crippen molar-refractivity contribution in [2.45, 2.75) is 24.0 Å². The van der Waals surface area contributed by atoms with Crippen LogP contribution in [0.2, 0.25) is 0 Å². The van der Waals surface area contributed by atoms with Crippen molar-refractivity contribution in [2.24, 2.45) is 5.41 Å². The Balaban J connectivity index is 1.71. The standard InChI is InChI=1S/C21H24N2O2S2/c1-21(20(24)25-3)10-14-12-5-4-6-15-17(12)13(9-16(14)23(2)11-21)18(22-15)19-26-7-8-27-19/h4-6,10,16,19,22H,7-9,11H2,1-3H3/t16-,21-/m1/s1. The summed E-state index contributed by atoms with van der Waals surface area (Å²) in [5, 5.41) is 1.35. The lowest BCUT2D eigenvalue weighted by atomic mass is 9.74. The van der Waals surface area contributed by atoms with Gasteiger partial charge >= 0.3 is 5.97 Å². The highest BCUT2D eigenvalue weighted by Gasteiger charge is 2.43. The number of benzene rings is 1. The van der Waals surface area contributed by atoms with Crippen LogP contribution < -0.4 is 0 Å². The third kappa shape index (κ3) is 2.60. The molecule has 27 heavy (non-hydrogen) atoms. The van der Waals surface area contributed by atoms with Crippen LogP contribution in [0.15, 0.2) is 24.3 Å². The van der Waals surface area contributed by atoms with E-state index in [1.165, 1.54) is 51.9 Å². The Bertz CT molecular complexity index is 960. The molecule has 1 aliphatic carbocycles. The molecule has 0 unspecified atom stereocenters. The van der Waals surface area contributed by atoms with Gasteiger partial charge in [-0.2, -0.15) is 0 Å². The summed E-state index contributed by atoms with van der Waals surface area (Å²) in [5.41, 5.74) is 6.04. The number of ether oxygens (including phenoxy) is 1. The van der Waals surface area contributed by atoms with Crippen LogP contribution >= 0.6 is 23.5 Å². The Labute approximate surface area is 168 Å². The van der Waals surface area contributed by atoms with Crippen molar-refractivity contribution in [3.05, 3.63) is 41.1 Å². The number of rotatable bonds is 2. The van der Waals surface area contributed by atoms with Crippen molar-refractivity contribution in [3.63, 3.8) is 0 Å². The molecular formula is C21H24N2O2S2. The van der Waals surface area contributed by atoms with Crippen LogP contribution in [0.25, 0.3) is 16.5 Å². The average Bonchev–Trinajstić information content (AvgIpc) is 3.31. The fourth-order valence-electron chi connectivity index (χ4n) is 4.94. The van der Waals surface area contributed by atoms with Crippen molar-refractivity contribution < 1.29 is 9.53 Å². The summed E-state index contributed by atoms with van der Waals surface area (Å²) >= 11 is 4.10. The van der Waals surface area contributed by atoms with Crippen molar-refractivity contribution >= 4 is 46.0 Å². The van der Waals surface area contributed by atoms with Gasteiger partial charge in [0.25, 0.3) is 0 Å². The second kappa shape index (κ2) is 6.33. The number of methoxy groups -OCH3 is 1. The van der Waals surface area contributed by atoms with Gasteiger partial charge in [-0.15, -0.1) is 23.5 Å². The summed E-state index contributed by atoms with van der Waals surface area (Å²) < 4.78 is 5.63. The Morgan fingerprint density at radius 2 is 2.11 bits per heavy atom. The van der Waals surface area contributed by atoms with Gasteiger partial charge < -0.3 is 9.72 Å². The van der Waals surface area contributed by atoms with Gasteiger partial charge in [0.15, 0.2) is 0 Å². The van der Waals surface area contributed by atoms with Gasteiger partial charge in [-0.1, -0.05) is 18.2 Å². The molecule has 0 saturated carbocycles. The highest BCUT2D eigenvalue weighted by molar-refractivity contribution is 8.19. The number of hydrogen-bond donors (Lipinski definition) is 1. The van der Waals surface area contributed by atoms with Gasteiger partial charge in [-0.3, -0.25) is 9.69 Å². The molecule has 5 rings (SSSR count). The molecular weight excluding hydrogens is 376 g/mol. The van der Waals surface area contributed by atoms with Gasteiger partial charge in [0.1, 0.15) is 0 Å². The SMILES string of the molecule is COC(=O)[C@]1(C)C=C2c3cccc4[nH]c(C5SCCS5)c(c34)C[C@H]2N(C)C1. The molecule has 2 aliphatic heterocycles. The Morgan fingerprint density at radius 3 is 2.85 bits per heavy atom. The number of nitrogens with one attached hydrogen (secondary N) is 1. The van der Waals surface area contributed by atoms with E-state index in [1.54, 1.807) is 0 Å². The average molecular weight is 401 g/mol. The maximum absolute atomic E-state index is 12.5. The van der Waals surface area contributed by atoms with Crippen LogP contribution in [0.5, 0.6) is 0 Å². The normalized spacial score (nSPS) is 28.3. The number of carbonyl (C=O) groups excluding carboxylic acids is 1. The van der Waals surface area contributed by atoms with Gasteiger partial charge in [0.05, 0.1) is 17.1 Å². The van der Waals surface area contributed by atoms with Crippen LogP contribution in [-0.4, -0.2) is 54.1 Å². The van der Waals surface area contributed by atoms with E-state index in [-0.39, 0.29) is 5.97 Å². The summed E-state index contributed by atoms with van der Waals surface area (Å²) in [7, 11) is 3.61. The first-order valence-corrected chi connectivity index (χ1v) is 11.5. The first-order valence-electron chi connectivity index (χ1n) is 9.40. The van der Waals surface area contributed by atoms with Crippen molar-refractivity contribution in [3.8, 4) is 0 Å². The molecule has 4 nitrogen and oxygen atoms in total. The number of aromatic nitrogens is 1. The molecule has 1 N–H and O–H groups in total. The van der Waals surface area contributed by atoms with Crippen molar-refractivity contribution in [1.82, 2.24) is 9.88 Å². The molecule has 2 aromatic rings. The Kier molecular flexibility index (Phi) is 4.15. The number of esters is 1. The fourth-order valence-corrected chi connectivity index (χ4v) is 7.84. The molecule has 0 bridgehead atoms. The van der Waals surface area contributed by atoms with Crippen LogP contribution in [0.4, 0.5) is 0 Å². The second-order valence-electron chi connectivity index (χ2n) is 7.96. The van der Waals surface area contributed by atoms with E-state index in [4.69, 9.17) is 4.74 Å². The van der Waals surface area contributed by atoms with E-state index in [9.17, 15) is 4.79 Å². The zero-order valence-corrected chi connectivity index (χ0v) is 17.5. The maximum atomic E-state index is 12.5. The smallest absolute Gasteiger partial charge is 0.316 e. The summed E-state index contributed by atoms with van der Waals surface area (Å²) in [5.74, 6) is 2.29. The molecule has 1 aromatic carbocycles. The number of H-pyrrole nitrogens is 1. The highest BCUT2D eigenvalue weighted by atomic mass is 32.2. The minimum atomic E-state index is -0.606. The quantitative estimate of drug-likeness (QED) is 0.770. The summed E-state index contributed by atoms with van der Waals surface area (Å²) in [6.45, 7) is 2.67. The van der Waals surface area contributed by atoms with Crippen LogP contribution in [0.1, 0.15) is 28.3 Å². The third-order valence-corrected chi connectivity index (χ3v) is 9.15. The van der Waals surface area contributed by atoms with E-state index in [0.717, 1.165) is 6.42 Å². The number of fused-ring (bicyclic) bond motifs is 2. The van der Waals surface area contributed by atoms with Gasteiger partial charge in [0.2, 0.25) is 0 Å². The zero-order valence-electron chi connectivity index (χ0n) is 15.9. The van der Waals surface area contributed by atoms with E-state index < -0.39 is 5.41 Å². The van der Waals surface area contributed by atoms with E-state index in [0.29, 0.717) is 17.2 Å². The number of aromatic amines is 1. The fraction of sp³-hybridized carbons (Fsp3) is 0.476. The topological polar surface area (TPSA) is 45.3 Å². The van der Waals surface area contributed by atoms with E-state index >= 15 is 0 Å². The van der Waals surface area contributed by atoms with Gasteiger partial charge in [0, 0.05) is 40.7 Å². The van der Waals surface area contributed by atoms with Crippen LogP contribution in [0, 0.1) is 5.41 Å². The molecule has 3 heterocycles. The first kappa shape index (κ1) is 17.7. The van der Waals surface area contributed by atoms with Gasteiger partial charge in [-0.05, 0) is 43.2 Å². The van der Waals surface area contributed by atoms with Crippen molar-refractivity contribution in [2.75, 3.05) is 32.2 Å². The van der Waals surface area contributed by atoms with E-state index in [1.807, 2.05) is 30.4 Å². The molecule has 0 spiro atoms. The molecule has 6 heteroatoms. The lowest BCUT2D eigenvalue weighted by molar-refractivity contribution is -0.150. The highest BCUT2D eigenvalue weighted by Crippen LogP contribution is 2.51. The third-order valence-electron chi connectivity index (χ3n) is 6.12. The van der Waals surface area contributed by atoms with Crippen molar-refractivity contribution in [1.29, 1.82) is 0 Å². The number of hydrogen-bond acceptors (Lipinski definition) is 5. The maximum Gasteiger partial charge on any atom is 0.316 e. The Hall–Kier alpha value is -1.37. The molecule has 142 valence electrons. The summed E-state index contributed by atoms with van der Waals surface area (Å²) in [4.78, 5) is 18.5. The zero-order chi connectivity index (χ0) is 18.8. The molecule has 0 amide bonds. The summed E-state index contributed by atoms with van der Waals surface area (Å²) in [6.07, 6.45) is 3.18. The number of likely N-dealkylation sites (N-methyl/N-ethyl adjacent to an activating group) is 1. The predicted molar refractivity (Wildman–Crippen MR) is 114 cm³/mol. The number of nitrogens with zero attached hydrogens (tertiary/aromatic N) is 1. The minimum absolute atomic E-state index is 0.160. The lowest BCUT2D eigenvalue weighted by Gasteiger charge is -2.43. The first-order chi connectivity index (χ1) is 13.0.